The van der Waals surface area contributed by atoms with Gasteiger partial charge in [0.25, 0.3) is 5.69 Å². The van der Waals surface area contributed by atoms with Crippen LogP contribution in [-0.4, -0.2) is 23.0 Å². The van der Waals surface area contributed by atoms with E-state index in [4.69, 9.17) is 4.74 Å². The summed E-state index contributed by atoms with van der Waals surface area (Å²) in [6.07, 6.45) is 1.32. The number of nitro benzene ring substituents is 1. The van der Waals surface area contributed by atoms with Gasteiger partial charge in [-0.3, -0.25) is 14.9 Å². The fraction of sp³-hybridized carbons (Fsp3) is 0.350. The lowest BCUT2D eigenvalue weighted by atomic mass is 9.75. The van der Waals surface area contributed by atoms with Gasteiger partial charge >= 0.3 is 0 Å². The molecule has 0 bridgehead atoms. The fourth-order valence-corrected chi connectivity index (χ4v) is 4.94. The van der Waals surface area contributed by atoms with E-state index in [1.54, 1.807) is 11.0 Å². The van der Waals surface area contributed by atoms with E-state index in [2.05, 4.69) is 0 Å². The van der Waals surface area contributed by atoms with E-state index >= 15 is 0 Å². The molecule has 0 radical (unpaired) electrons. The lowest BCUT2D eigenvalue weighted by Gasteiger charge is -2.44. The minimum Gasteiger partial charge on any atom is -0.369 e. The van der Waals surface area contributed by atoms with Crippen molar-refractivity contribution in [3.05, 3.63) is 69.8 Å². The first-order valence-electron chi connectivity index (χ1n) is 8.85. The summed E-state index contributed by atoms with van der Waals surface area (Å²) in [7, 11) is 0. The number of rotatable bonds is 2. The van der Waals surface area contributed by atoms with E-state index in [1.807, 2.05) is 36.4 Å². The van der Waals surface area contributed by atoms with Gasteiger partial charge in [-0.1, -0.05) is 30.3 Å². The highest BCUT2D eigenvalue weighted by molar-refractivity contribution is 5.94. The summed E-state index contributed by atoms with van der Waals surface area (Å²) in [5.41, 5.74) is 2.72. The van der Waals surface area contributed by atoms with Crippen LogP contribution in [0.15, 0.2) is 48.5 Å². The van der Waals surface area contributed by atoms with Crippen molar-refractivity contribution in [3.8, 4) is 0 Å². The summed E-state index contributed by atoms with van der Waals surface area (Å²) >= 11 is 0. The molecule has 0 unspecified atom stereocenters. The molecule has 2 aromatic rings. The summed E-state index contributed by atoms with van der Waals surface area (Å²) in [5, 5.41) is 11.3. The van der Waals surface area contributed by atoms with Crippen molar-refractivity contribution in [2.75, 3.05) is 4.90 Å². The summed E-state index contributed by atoms with van der Waals surface area (Å²) < 4.78 is 5.80. The van der Waals surface area contributed by atoms with Crippen LogP contribution in [0.1, 0.15) is 36.4 Å². The zero-order valence-corrected chi connectivity index (χ0v) is 14.2. The Morgan fingerprint density at radius 1 is 1.23 bits per heavy atom. The molecule has 0 N–H and O–H groups in total. The van der Waals surface area contributed by atoms with E-state index in [0.29, 0.717) is 5.69 Å². The highest BCUT2D eigenvalue weighted by Gasteiger charge is 2.61. The second-order valence-corrected chi connectivity index (χ2v) is 7.31. The highest BCUT2D eigenvalue weighted by Crippen LogP contribution is 2.62. The van der Waals surface area contributed by atoms with Crippen molar-refractivity contribution in [2.45, 2.75) is 37.5 Å². The second-order valence-electron chi connectivity index (χ2n) is 7.31. The number of carbonyl (C=O) groups is 1. The third kappa shape index (κ3) is 2.12. The van der Waals surface area contributed by atoms with E-state index in [-0.39, 0.29) is 41.7 Å². The molecule has 6 heteroatoms. The minimum absolute atomic E-state index is 0.00604. The van der Waals surface area contributed by atoms with Crippen molar-refractivity contribution in [1.29, 1.82) is 0 Å². The van der Waals surface area contributed by atoms with Gasteiger partial charge in [0.15, 0.2) is 0 Å². The third-order valence-corrected chi connectivity index (χ3v) is 5.95. The zero-order valence-electron chi connectivity index (χ0n) is 14.2. The van der Waals surface area contributed by atoms with Crippen LogP contribution in [0.2, 0.25) is 0 Å². The molecule has 1 amide bonds. The number of nitrogens with zero attached hydrogens (tertiary/aromatic N) is 2. The van der Waals surface area contributed by atoms with Gasteiger partial charge in [-0.15, -0.1) is 0 Å². The number of benzene rings is 2. The zero-order chi connectivity index (χ0) is 18.0. The molecule has 3 aliphatic rings. The van der Waals surface area contributed by atoms with Crippen molar-refractivity contribution in [3.63, 3.8) is 0 Å². The van der Waals surface area contributed by atoms with Crippen molar-refractivity contribution in [2.24, 2.45) is 5.92 Å². The SMILES string of the molecule is CC(=O)N1c2cc([N+](=O)[O-])ccc2[C@@H]2[C@@H](C[C@@H]3O[C@H]23)[C@H]1c1ccccc1. The largest absolute Gasteiger partial charge is 0.369 e. The Bertz CT molecular complexity index is 913. The van der Waals surface area contributed by atoms with Crippen LogP contribution in [0.25, 0.3) is 0 Å². The number of hydrogen-bond donors (Lipinski definition) is 0. The summed E-state index contributed by atoms with van der Waals surface area (Å²) in [5.74, 6) is 0.344. The number of hydrogen-bond acceptors (Lipinski definition) is 4. The molecule has 2 fully saturated rings. The first-order chi connectivity index (χ1) is 12.6. The van der Waals surface area contributed by atoms with Crippen LogP contribution in [0.3, 0.4) is 0 Å². The molecule has 2 aliphatic heterocycles. The maximum absolute atomic E-state index is 12.6. The van der Waals surface area contributed by atoms with E-state index in [1.165, 1.54) is 13.0 Å². The average Bonchev–Trinajstić information content (AvgIpc) is 3.30. The molecule has 1 saturated heterocycles. The maximum atomic E-state index is 12.6. The van der Waals surface area contributed by atoms with Crippen molar-refractivity contribution >= 4 is 17.3 Å². The lowest BCUT2D eigenvalue weighted by molar-refractivity contribution is -0.384. The smallest absolute Gasteiger partial charge is 0.271 e. The highest BCUT2D eigenvalue weighted by atomic mass is 16.6. The predicted molar refractivity (Wildman–Crippen MR) is 94.9 cm³/mol. The Morgan fingerprint density at radius 3 is 2.69 bits per heavy atom. The van der Waals surface area contributed by atoms with Gasteiger partial charge in [0.1, 0.15) is 0 Å². The molecular weight excluding hydrogens is 332 g/mol. The predicted octanol–water partition coefficient (Wildman–Crippen LogP) is 3.57. The Hall–Kier alpha value is -2.73. The van der Waals surface area contributed by atoms with Gasteiger partial charge < -0.3 is 9.64 Å². The van der Waals surface area contributed by atoms with Crippen LogP contribution < -0.4 is 4.90 Å². The molecule has 1 aliphatic carbocycles. The van der Waals surface area contributed by atoms with Gasteiger partial charge in [0, 0.05) is 25.0 Å². The molecule has 26 heavy (non-hydrogen) atoms. The van der Waals surface area contributed by atoms with Crippen LogP contribution in [0.4, 0.5) is 11.4 Å². The van der Waals surface area contributed by atoms with E-state index in [0.717, 1.165) is 17.5 Å². The second kappa shape index (κ2) is 5.38. The Kier molecular flexibility index (Phi) is 3.21. The topological polar surface area (TPSA) is 76.0 Å². The van der Waals surface area contributed by atoms with Crippen LogP contribution in [0.5, 0.6) is 0 Å². The van der Waals surface area contributed by atoms with Crippen LogP contribution in [0, 0.1) is 16.0 Å². The Balaban J connectivity index is 1.73. The van der Waals surface area contributed by atoms with Gasteiger partial charge in [-0.25, -0.2) is 0 Å². The first kappa shape index (κ1) is 15.5. The van der Waals surface area contributed by atoms with Gasteiger partial charge in [-0.2, -0.15) is 0 Å². The van der Waals surface area contributed by atoms with Crippen LogP contribution in [-0.2, 0) is 9.53 Å². The average molecular weight is 350 g/mol. The lowest BCUT2D eigenvalue weighted by Crippen LogP contribution is -2.43. The molecule has 2 aromatic carbocycles. The van der Waals surface area contributed by atoms with Gasteiger partial charge in [0.05, 0.1) is 28.9 Å². The quantitative estimate of drug-likeness (QED) is 0.471. The third-order valence-electron chi connectivity index (χ3n) is 5.95. The number of amides is 1. The maximum Gasteiger partial charge on any atom is 0.271 e. The molecule has 1 saturated carbocycles. The van der Waals surface area contributed by atoms with Crippen LogP contribution >= 0.6 is 0 Å². The molecule has 132 valence electrons. The molecular formula is C20H18N2O4. The summed E-state index contributed by atoms with van der Waals surface area (Å²) in [4.78, 5) is 25.3. The number of nitro groups is 1. The number of anilines is 1. The first-order valence-corrected chi connectivity index (χ1v) is 8.85. The van der Waals surface area contributed by atoms with Gasteiger partial charge in [0.2, 0.25) is 5.91 Å². The normalized spacial score (nSPS) is 31.0. The van der Waals surface area contributed by atoms with E-state index in [9.17, 15) is 14.9 Å². The number of carbonyl (C=O) groups excluding carboxylic acids is 1. The van der Waals surface area contributed by atoms with Crippen molar-refractivity contribution in [1.82, 2.24) is 0 Å². The van der Waals surface area contributed by atoms with E-state index < -0.39 is 4.92 Å². The molecule has 0 spiro atoms. The fourth-order valence-electron chi connectivity index (χ4n) is 4.94. The number of epoxide rings is 1. The number of fused-ring (bicyclic) bond motifs is 5. The number of non-ortho nitro benzene ring substituents is 1. The Morgan fingerprint density at radius 2 is 2.00 bits per heavy atom. The summed E-state index contributed by atoms with van der Waals surface area (Å²) in [6.45, 7) is 1.53. The number of ether oxygens (including phenoxy) is 1. The standard InChI is InChI=1S/C20H18N2O4/c1-11(23)21-16-9-13(22(24)25)7-8-14(16)18-15(10-17-20(18)26-17)19(21)12-5-3-2-4-6-12/h2-9,15,17-20H,10H2,1H3/t15-,17+,18-,19-,20+/m1/s1. The minimum atomic E-state index is -0.409. The monoisotopic (exact) mass is 350 g/mol. The van der Waals surface area contributed by atoms with Gasteiger partial charge in [-0.05, 0) is 29.5 Å². The van der Waals surface area contributed by atoms with Crippen molar-refractivity contribution < 1.29 is 14.5 Å². The summed E-state index contributed by atoms with van der Waals surface area (Å²) in [6, 6.07) is 14.7. The molecule has 5 atom stereocenters. The molecule has 5 rings (SSSR count). The molecule has 2 heterocycles. The molecule has 0 aromatic heterocycles. The Labute approximate surface area is 150 Å². The molecule has 6 nitrogen and oxygen atoms in total.